The number of carbonyl (C=O) groups is 2. The normalized spacial score (nSPS) is 16.9. The molecule has 2 amide bonds. The summed E-state index contributed by atoms with van der Waals surface area (Å²) in [5.74, 6) is 0.585. The molecule has 4 rings (SSSR count). The second-order valence-electron chi connectivity index (χ2n) is 6.98. The van der Waals surface area contributed by atoms with Gasteiger partial charge in [-0.2, -0.15) is 0 Å². The number of piperazine rings is 1. The second-order valence-corrected chi connectivity index (χ2v) is 6.98. The van der Waals surface area contributed by atoms with Crippen molar-refractivity contribution in [2.75, 3.05) is 37.6 Å². The highest BCUT2D eigenvalue weighted by Gasteiger charge is 2.25. The summed E-state index contributed by atoms with van der Waals surface area (Å²) in [5.41, 5.74) is 2.94. The molecule has 0 saturated carbocycles. The van der Waals surface area contributed by atoms with Gasteiger partial charge in [-0.3, -0.25) is 9.59 Å². The maximum atomic E-state index is 13.0. The first kappa shape index (κ1) is 17.5. The van der Waals surface area contributed by atoms with Gasteiger partial charge in [0.2, 0.25) is 11.9 Å². The summed E-state index contributed by atoms with van der Waals surface area (Å²) in [5, 5.41) is 0. The Morgan fingerprint density at radius 2 is 1.67 bits per heavy atom. The van der Waals surface area contributed by atoms with E-state index in [1.54, 1.807) is 19.2 Å². The summed E-state index contributed by atoms with van der Waals surface area (Å²) in [4.78, 5) is 39.0. The van der Waals surface area contributed by atoms with E-state index < -0.39 is 0 Å². The number of aromatic nitrogens is 2. The van der Waals surface area contributed by atoms with Gasteiger partial charge < -0.3 is 14.7 Å². The summed E-state index contributed by atoms with van der Waals surface area (Å²) in [6, 6.07) is 9.93. The molecule has 1 fully saturated rings. The van der Waals surface area contributed by atoms with Gasteiger partial charge in [-0.15, -0.1) is 0 Å². The smallest absolute Gasteiger partial charge is 0.272 e. The molecule has 0 radical (unpaired) electrons. The standard InChI is InChI=1S/C20H23N5O2/c1-15(26)23-10-12-24(13-11-23)20-21-8-6-18(22-20)19(27)25-9-7-16-4-2-3-5-17(16)14-25/h2-6,8H,7,9-14H2,1H3. The van der Waals surface area contributed by atoms with Crippen molar-refractivity contribution in [2.24, 2.45) is 0 Å². The lowest BCUT2D eigenvalue weighted by Gasteiger charge is -2.34. The van der Waals surface area contributed by atoms with Crippen LogP contribution in [0.4, 0.5) is 5.95 Å². The fourth-order valence-corrected chi connectivity index (χ4v) is 3.67. The third kappa shape index (κ3) is 3.63. The number of benzene rings is 1. The number of rotatable bonds is 2. The Morgan fingerprint density at radius 3 is 2.41 bits per heavy atom. The lowest BCUT2D eigenvalue weighted by Crippen LogP contribution is -2.48. The van der Waals surface area contributed by atoms with Crippen molar-refractivity contribution in [3.8, 4) is 0 Å². The van der Waals surface area contributed by atoms with E-state index in [4.69, 9.17) is 0 Å². The molecule has 27 heavy (non-hydrogen) atoms. The number of carbonyl (C=O) groups excluding carboxylic acids is 2. The molecule has 2 aliphatic heterocycles. The van der Waals surface area contributed by atoms with Crippen molar-refractivity contribution in [1.82, 2.24) is 19.8 Å². The summed E-state index contributed by atoms with van der Waals surface area (Å²) in [6.07, 6.45) is 2.51. The first-order valence-corrected chi connectivity index (χ1v) is 9.31. The number of fused-ring (bicyclic) bond motifs is 1. The van der Waals surface area contributed by atoms with E-state index in [-0.39, 0.29) is 11.8 Å². The van der Waals surface area contributed by atoms with E-state index in [1.807, 2.05) is 26.8 Å². The number of hydrogen-bond donors (Lipinski definition) is 0. The van der Waals surface area contributed by atoms with E-state index in [0.29, 0.717) is 50.9 Å². The minimum Gasteiger partial charge on any atom is -0.339 e. The van der Waals surface area contributed by atoms with Gasteiger partial charge >= 0.3 is 0 Å². The molecule has 1 aromatic heterocycles. The van der Waals surface area contributed by atoms with Crippen LogP contribution in [0.25, 0.3) is 0 Å². The quantitative estimate of drug-likeness (QED) is 0.803. The Hall–Kier alpha value is -2.96. The molecule has 2 aromatic rings. The highest BCUT2D eigenvalue weighted by Crippen LogP contribution is 2.20. The van der Waals surface area contributed by atoms with E-state index in [1.165, 1.54) is 11.1 Å². The monoisotopic (exact) mass is 365 g/mol. The van der Waals surface area contributed by atoms with Gasteiger partial charge in [-0.25, -0.2) is 9.97 Å². The molecule has 0 unspecified atom stereocenters. The number of nitrogens with zero attached hydrogens (tertiary/aromatic N) is 5. The minimum atomic E-state index is -0.0597. The topological polar surface area (TPSA) is 69.6 Å². The Labute approximate surface area is 158 Å². The number of anilines is 1. The Balaban J connectivity index is 1.47. The Bertz CT molecular complexity index is 861. The highest BCUT2D eigenvalue weighted by molar-refractivity contribution is 5.92. The van der Waals surface area contributed by atoms with Crippen LogP contribution in [0.1, 0.15) is 28.5 Å². The Morgan fingerprint density at radius 1 is 0.926 bits per heavy atom. The van der Waals surface area contributed by atoms with Gasteiger partial charge in [0.15, 0.2) is 0 Å². The predicted molar refractivity (Wildman–Crippen MR) is 101 cm³/mol. The summed E-state index contributed by atoms with van der Waals surface area (Å²) in [6.45, 7) is 5.56. The average Bonchev–Trinajstić information content (AvgIpc) is 2.73. The lowest BCUT2D eigenvalue weighted by molar-refractivity contribution is -0.129. The molecular weight excluding hydrogens is 342 g/mol. The van der Waals surface area contributed by atoms with Crippen molar-refractivity contribution < 1.29 is 9.59 Å². The molecule has 0 spiro atoms. The SMILES string of the molecule is CC(=O)N1CCN(c2nccc(C(=O)N3CCc4ccccc4C3)n2)CC1. The summed E-state index contributed by atoms with van der Waals surface area (Å²) >= 11 is 0. The molecule has 0 atom stereocenters. The largest absolute Gasteiger partial charge is 0.339 e. The molecule has 0 aliphatic carbocycles. The molecule has 3 heterocycles. The molecule has 0 bridgehead atoms. The van der Waals surface area contributed by atoms with E-state index in [0.717, 1.165) is 6.42 Å². The lowest BCUT2D eigenvalue weighted by atomic mass is 10.00. The van der Waals surface area contributed by atoms with Crippen molar-refractivity contribution in [2.45, 2.75) is 19.9 Å². The van der Waals surface area contributed by atoms with E-state index in [9.17, 15) is 9.59 Å². The fourth-order valence-electron chi connectivity index (χ4n) is 3.67. The molecule has 1 saturated heterocycles. The second kappa shape index (κ2) is 7.34. The van der Waals surface area contributed by atoms with Crippen LogP contribution in [0.2, 0.25) is 0 Å². The van der Waals surface area contributed by atoms with Gasteiger partial charge in [-0.05, 0) is 23.6 Å². The maximum Gasteiger partial charge on any atom is 0.272 e. The first-order chi connectivity index (χ1) is 13.1. The first-order valence-electron chi connectivity index (χ1n) is 9.31. The zero-order chi connectivity index (χ0) is 18.8. The molecule has 1 aromatic carbocycles. The van der Waals surface area contributed by atoms with Crippen molar-refractivity contribution in [1.29, 1.82) is 0 Å². The zero-order valence-corrected chi connectivity index (χ0v) is 15.5. The van der Waals surface area contributed by atoms with Crippen LogP contribution in [0.15, 0.2) is 36.5 Å². The van der Waals surface area contributed by atoms with Crippen LogP contribution in [0.5, 0.6) is 0 Å². The van der Waals surface area contributed by atoms with Crippen LogP contribution in [-0.2, 0) is 17.8 Å². The molecule has 7 nitrogen and oxygen atoms in total. The van der Waals surface area contributed by atoms with E-state index >= 15 is 0 Å². The Kier molecular flexibility index (Phi) is 4.75. The third-order valence-corrected chi connectivity index (χ3v) is 5.29. The van der Waals surface area contributed by atoms with Crippen molar-refractivity contribution in [3.05, 3.63) is 53.3 Å². The van der Waals surface area contributed by atoms with Gasteiger partial charge in [0.25, 0.3) is 5.91 Å². The average molecular weight is 365 g/mol. The molecule has 140 valence electrons. The molecule has 7 heteroatoms. The number of amides is 2. The third-order valence-electron chi connectivity index (χ3n) is 5.29. The van der Waals surface area contributed by atoms with Gasteiger partial charge in [0.05, 0.1) is 0 Å². The molecular formula is C20H23N5O2. The van der Waals surface area contributed by atoms with Crippen LogP contribution in [-0.4, -0.2) is 64.3 Å². The fraction of sp³-hybridized carbons (Fsp3) is 0.400. The zero-order valence-electron chi connectivity index (χ0n) is 15.5. The predicted octanol–water partition coefficient (Wildman–Crippen LogP) is 1.34. The van der Waals surface area contributed by atoms with Crippen LogP contribution < -0.4 is 4.90 Å². The maximum absolute atomic E-state index is 13.0. The number of hydrogen-bond acceptors (Lipinski definition) is 5. The van der Waals surface area contributed by atoms with Gasteiger partial charge in [-0.1, -0.05) is 24.3 Å². The summed E-state index contributed by atoms with van der Waals surface area (Å²) in [7, 11) is 0. The van der Waals surface area contributed by atoms with Gasteiger partial charge in [0.1, 0.15) is 5.69 Å². The minimum absolute atomic E-state index is 0.0597. The summed E-state index contributed by atoms with van der Waals surface area (Å²) < 4.78 is 0. The van der Waals surface area contributed by atoms with Crippen molar-refractivity contribution in [3.63, 3.8) is 0 Å². The molecule has 2 aliphatic rings. The highest BCUT2D eigenvalue weighted by atomic mass is 16.2. The van der Waals surface area contributed by atoms with Crippen LogP contribution in [0.3, 0.4) is 0 Å². The van der Waals surface area contributed by atoms with Gasteiger partial charge in [0, 0.05) is 52.4 Å². The molecule has 0 N–H and O–H groups in total. The van der Waals surface area contributed by atoms with Crippen LogP contribution >= 0.6 is 0 Å². The van der Waals surface area contributed by atoms with Crippen molar-refractivity contribution >= 4 is 17.8 Å². The van der Waals surface area contributed by atoms with E-state index in [2.05, 4.69) is 22.1 Å². The van der Waals surface area contributed by atoms with Crippen LogP contribution in [0, 0.1) is 0 Å².